The fourth-order valence-corrected chi connectivity index (χ4v) is 0.355. The van der Waals surface area contributed by atoms with Crippen LogP contribution in [-0.2, 0) is 4.74 Å². The van der Waals surface area contributed by atoms with Crippen molar-refractivity contribution in [3.63, 3.8) is 0 Å². The minimum Gasteiger partial charge on any atom is -0.468 e. The van der Waals surface area contributed by atoms with Crippen molar-refractivity contribution < 1.29 is 20.1 Å². The summed E-state index contributed by atoms with van der Waals surface area (Å²) in [5.74, 6) is 1.38. The van der Waals surface area contributed by atoms with Gasteiger partial charge in [-0.15, -0.1) is 0 Å². The zero-order chi connectivity index (χ0) is 10.9. The van der Waals surface area contributed by atoms with E-state index in [0.717, 1.165) is 0 Å². The zero-order valence-electron chi connectivity index (χ0n) is 8.16. The van der Waals surface area contributed by atoms with Gasteiger partial charge in [-0.05, 0) is 13.8 Å². The normalized spacial score (nSPS) is 8.77. The average Bonchev–Trinajstić information content (AvgIpc) is 2.01. The molecule has 0 radical (unpaired) electrons. The average molecular weight is 190 g/mol. The molecule has 0 fully saturated rings. The highest BCUT2D eigenvalue weighted by Gasteiger charge is 1.93. The van der Waals surface area contributed by atoms with Crippen LogP contribution in [0.3, 0.4) is 0 Å². The van der Waals surface area contributed by atoms with E-state index in [1.165, 1.54) is 0 Å². The van der Waals surface area contributed by atoms with Crippen LogP contribution in [0.1, 0.15) is 13.8 Å². The lowest BCUT2D eigenvalue weighted by Gasteiger charge is -1.99. The molecule has 0 aliphatic carbocycles. The van der Waals surface area contributed by atoms with Crippen LogP contribution in [0, 0.1) is 0 Å². The minimum absolute atomic E-state index is 0.365. The molecule has 0 heterocycles. The molecule has 0 aromatic heterocycles. The van der Waals surface area contributed by atoms with Gasteiger partial charge in [-0.25, -0.2) is 0 Å². The Bertz CT molecular complexity index is 138. The van der Waals surface area contributed by atoms with Crippen LogP contribution < -0.4 is 0 Å². The van der Waals surface area contributed by atoms with Gasteiger partial charge in [0.25, 0.3) is 0 Å². The molecule has 0 amide bonds. The summed E-state index contributed by atoms with van der Waals surface area (Å²) in [6.45, 7) is 9.87. The molecule has 4 nitrogen and oxygen atoms in total. The molecule has 0 saturated carbocycles. The Kier molecular flexibility index (Phi) is 10.4. The zero-order valence-corrected chi connectivity index (χ0v) is 8.16. The molecule has 0 aromatic rings. The lowest BCUT2D eigenvalue weighted by atomic mass is 10.4. The summed E-state index contributed by atoms with van der Waals surface area (Å²) >= 11 is 0. The Morgan fingerprint density at radius 3 is 1.46 bits per heavy atom. The molecule has 0 unspecified atom stereocenters. The predicted octanol–water partition coefficient (Wildman–Crippen LogP) is 0.402. The van der Waals surface area contributed by atoms with E-state index >= 15 is 0 Å². The summed E-state index contributed by atoms with van der Waals surface area (Å²) in [4.78, 5) is 0. The van der Waals surface area contributed by atoms with E-state index in [9.17, 15) is 0 Å². The minimum atomic E-state index is -0.954. The Hall–Kier alpha value is -0.840. The number of allylic oxidation sites excluding steroid dienone is 2. The number of hydrogen-bond donors (Lipinski definition) is 3. The first-order chi connectivity index (χ1) is 5.93. The van der Waals surface area contributed by atoms with E-state index in [2.05, 4.69) is 13.2 Å². The van der Waals surface area contributed by atoms with Gasteiger partial charge in [-0.3, -0.25) is 0 Å². The third-order valence-electron chi connectivity index (χ3n) is 0.770. The highest BCUT2D eigenvalue weighted by Crippen LogP contribution is 1.97. The van der Waals surface area contributed by atoms with Gasteiger partial charge in [-0.1, -0.05) is 13.2 Å². The van der Waals surface area contributed by atoms with Crippen LogP contribution in [0.5, 0.6) is 0 Å². The van der Waals surface area contributed by atoms with Crippen molar-refractivity contribution in [1.29, 1.82) is 0 Å². The molecular formula is C9H18O4. The topological polar surface area (TPSA) is 69.9 Å². The molecule has 0 spiro atoms. The molecule has 0 aliphatic rings. The number of aliphatic hydroxyl groups is 3. The van der Waals surface area contributed by atoms with Crippen LogP contribution in [0.2, 0.25) is 0 Å². The number of hydrogen-bond acceptors (Lipinski definition) is 4. The summed E-state index contributed by atoms with van der Waals surface area (Å²) in [5, 5.41) is 24.0. The van der Waals surface area contributed by atoms with Gasteiger partial charge >= 0.3 is 0 Å². The van der Waals surface area contributed by atoms with Crippen molar-refractivity contribution in [2.45, 2.75) is 20.0 Å². The second-order valence-corrected chi connectivity index (χ2v) is 2.53. The smallest absolute Gasteiger partial charge is 0.100 e. The van der Waals surface area contributed by atoms with Gasteiger partial charge in [0.15, 0.2) is 0 Å². The van der Waals surface area contributed by atoms with Crippen LogP contribution in [-0.4, -0.2) is 34.6 Å². The lowest BCUT2D eigenvalue weighted by Crippen LogP contribution is -2.15. The molecule has 0 bridgehead atoms. The maximum atomic E-state index is 8.17. The molecule has 0 saturated heterocycles. The van der Waals surface area contributed by atoms with Crippen molar-refractivity contribution in [1.82, 2.24) is 0 Å². The molecule has 3 N–H and O–H groups in total. The maximum Gasteiger partial charge on any atom is 0.100 e. The molecule has 4 heteroatoms. The number of ether oxygens (including phenoxy) is 1. The molecular weight excluding hydrogens is 172 g/mol. The first-order valence-corrected chi connectivity index (χ1v) is 3.82. The Balaban J connectivity index is 0. The van der Waals surface area contributed by atoms with Crippen LogP contribution in [0.15, 0.2) is 24.7 Å². The van der Waals surface area contributed by atoms with E-state index in [-0.39, 0.29) is 13.2 Å². The van der Waals surface area contributed by atoms with E-state index in [1.807, 2.05) is 0 Å². The quantitative estimate of drug-likeness (QED) is 0.561. The largest absolute Gasteiger partial charge is 0.468 e. The fourth-order valence-electron chi connectivity index (χ4n) is 0.355. The standard InChI is InChI=1S/C6H10O.C3H8O3/c1-5(2)7-6(3)4;4-1-3(6)2-5/h1,3H2,2,4H3;3-6H,1-2H2. The van der Waals surface area contributed by atoms with Crippen molar-refractivity contribution in [2.75, 3.05) is 13.2 Å². The molecule has 13 heavy (non-hydrogen) atoms. The summed E-state index contributed by atoms with van der Waals surface area (Å²) < 4.78 is 4.86. The highest BCUT2D eigenvalue weighted by molar-refractivity contribution is 4.85. The number of rotatable bonds is 4. The van der Waals surface area contributed by atoms with Crippen LogP contribution >= 0.6 is 0 Å². The first kappa shape index (κ1) is 14.7. The monoisotopic (exact) mass is 190 g/mol. The molecule has 0 aromatic carbocycles. The maximum absolute atomic E-state index is 8.17. The third-order valence-corrected chi connectivity index (χ3v) is 0.770. The van der Waals surface area contributed by atoms with E-state index in [4.69, 9.17) is 20.1 Å². The van der Waals surface area contributed by atoms with E-state index in [0.29, 0.717) is 11.5 Å². The Morgan fingerprint density at radius 1 is 1.15 bits per heavy atom. The van der Waals surface area contributed by atoms with E-state index < -0.39 is 6.10 Å². The van der Waals surface area contributed by atoms with Gasteiger partial charge < -0.3 is 20.1 Å². The summed E-state index contributed by atoms with van der Waals surface area (Å²) in [6.07, 6.45) is -0.954. The SMILES string of the molecule is C=C(C)OC(=C)C.OCC(O)CO. The van der Waals surface area contributed by atoms with Gasteiger partial charge in [0.05, 0.1) is 24.7 Å². The summed E-state index contributed by atoms with van der Waals surface area (Å²) in [7, 11) is 0. The van der Waals surface area contributed by atoms with Gasteiger partial charge in [0, 0.05) is 0 Å². The van der Waals surface area contributed by atoms with Gasteiger partial charge in [0.2, 0.25) is 0 Å². The third kappa shape index (κ3) is 18.3. The summed E-state index contributed by atoms with van der Waals surface area (Å²) in [5.41, 5.74) is 0. The Morgan fingerprint density at radius 2 is 1.46 bits per heavy atom. The molecule has 0 atom stereocenters. The van der Waals surface area contributed by atoms with E-state index in [1.54, 1.807) is 13.8 Å². The molecule has 0 rings (SSSR count). The molecule has 78 valence electrons. The second-order valence-electron chi connectivity index (χ2n) is 2.53. The van der Waals surface area contributed by atoms with Crippen molar-refractivity contribution in [2.24, 2.45) is 0 Å². The number of aliphatic hydroxyl groups excluding tert-OH is 3. The second kappa shape index (κ2) is 9.25. The predicted molar refractivity (Wildman–Crippen MR) is 50.9 cm³/mol. The van der Waals surface area contributed by atoms with Crippen molar-refractivity contribution in [3.05, 3.63) is 24.7 Å². The lowest BCUT2D eigenvalue weighted by molar-refractivity contribution is 0.0450. The summed E-state index contributed by atoms with van der Waals surface area (Å²) in [6, 6.07) is 0. The van der Waals surface area contributed by atoms with Crippen molar-refractivity contribution >= 4 is 0 Å². The van der Waals surface area contributed by atoms with Crippen molar-refractivity contribution in [3.8, 4) is 0 Å². The van der Waals surface area contributed by atoms with Gasteiger partial charge in [0.1, 0.15) is 6.10 Å². The highest BCUT2D eigenvalue weighted by atomic mass is 16.5. The molecule has 0 aliphatic heterocycles. The van der Waals surface area contributed by atoms with Crippen LogP contribution in [0.25, 0.3) is 0 Å². The van der Waals surface area contributed by atoms with Crippen LogP contribution in [0.4, 0.5) is 0 Å². The fraction of sp³-hybridized carbons (Fsp3) is 0.556. The Labute approximate surface area is 78.8 Å². The first-order valence-electron chi connectivity index (χ1n) is 3.82. The van der Waals surface area contributed by atoms with Gasteiger partial charge in [-0.2, -0.15) is 0 Å².